The molecule has 1 rings (SSSR count). The Bertz CT molecular complexity index is 413. The van der Waals surface area contributed by atoms with Crippen LogP contribution in [0.4, 0.5) is 0 Å². The van der Waals surface area contributed by atoms with Gasteiger partial charge in [0.2, 0.25) is 0 Å². The maximum absolute atomic E-state index is 12.5. The number of amides is 1. The molecule has 0 unspecified atom stereocenters. The summed E-state index contributed by atoms with van der Waals surface area (Å²) < 4.78 is 0. The summed E-state index contributed by atoms with van der Waals surface area (Å²) in [7, 11) is 0. The Morgan fingerprint density at radius 2 is 1.62 bits per heavy atom. The topological polar surface area (TPSA) is 49.6 Å². The van der Waals surface area contributed by atoms with Gasteiger partial charge in [0.15, 0.2) is 0 Å². The minimum absolute atomic E-state index is 0.112. The molecule has 1 aromatic rings. The average molecular weight is 291 g/mol. The molecule has 0 atom stereocenters. The molecule has 4 nitrogen and oxygen atoms in total. The number of nitrogens with two attached hydrogens (primary N) is 1. The van der Waals surface area contributed by atoms with Gasteiger partial charge in [-0.25, -0.2) is 0 Å². The van der Waals surface area contributed by atoms with Crippen molar-refractivity contribution in [1.82, 2.24) is 9.80 Å². The molecular formula is C17H29N3O. The largest absolute Gasteiger partial charge is 0.339 e. The number of hydrogen-bond acceptors (Lipinski definition) is 3. The number of nitrogens with zero attached hydrogens (tertiary/aromatic N) is 2. The second-order valence-corrected chi connectivity index (χ2v) is 5.17. The van der Waals surface area contributed by atoms with Crippen molar-refractivity contribution in [3.63, 3.8) is 0 Å². The van der Waals surface area contributed by atoms with Crippen LogP contribution in [0.15, 0.2) is 24.3 Å². The van der Waals surface area contributed by atoms with Gasteiger partial charge in [0.1, 0.15) is 0 Å². The van der Waals surface area contributed by atoms with E-state index >= 15 is 0 Å². The highest BCUT2D eigenvalue weighted by Gasteiger charge is 2.13. The Morgan fingerprint density at radius 1 is 1.00 bits per heavy atom. The lowest BCUT2D eigenvalue weighted by atomic mass is 10.1. The second kappa shape index (κ2) is 9.53. The van der Waals surface area contributed by atoms with E-state index in [-0.39, 0.29) is 5.91 Å². The molecular weight excluding hydrogens is 262 g/mol. The van der Waals surface area contributed by atoms with Crippen LogP contribution in [0.1, 0.15) is 43.1 Å². The third-order valence-corrected chi connectivity index (χ3v) is 3.90. The first-order valence-electron chi connectivity index (χ1n) is 7.96. The van der Waals surface area contributed by atoms with Gasteiger partial charge < -0.3 is 15.5 Å². The molecule has 0 heterocycles. The zero-order valence-corrected chi connectivity index (χ0v) is 13.6. The van der Waals surface area contributed by atoms with Crippen LogP contribution in [-0.4, -0.2) is 48.4 Å². The lowest BCUT2D eigenvalue weighted by Crippen LogP contribution is -2.34. The minimum Gasteiger partial charge on any atom is -0.339 e. The maximum atomic E-state index is 12.5. The molecule has 1 aromatic carbocycles. The van der Waals surface area contributed by atoms with Crippen molar-refractivity contribution in [2.45, 2.75) is 33.7 Å². The first-order valence-corrected chi connectivity index (χ1v) is 7.96. The molecule has 0 fully saturated rings. The summed E-state index contributed by atoms with van der Waals surface area (Å²) in [6, 6.07) is 7.60. The van der Waals surface area contributed by atoms with Gasteiger partial charge >= 0.3 is 0 Å². The summed E-state index contributed by atoms with van der Waals surface area (Å²) in [6.45, 7) is 11.6. The molecule has 2 N–H and O–H groups in total. The Hall–Kier alpha value is -1.39. The smallest absolute Gasteiger partial charge is 0.253 e. The fourth-order valence-corrected chi connectivity index (χ4v) is 2.39. The van der Waals surface area contributed by atoms with Crippen molar-refractivity contribution in [2.75, 3.05) is 32.7 Å². The van der Waals surface area contributed by atoms with Crippen LogP contribution in [0.5, 0.6) is 0 Å². The normalized spacial score (nSPS) is 10.9. The van der Waals surface area contributed by atoms with Crippen molar-refractivity contribution in [3.05, 3.63) is 35.4 Å². The molecule has 0 radical (unpaired) electrons. The lowest BCUT2D eigenvalue weighted by Gasteiger charge is -2.23. The third kappa shape index (κ3) is 5.48. The molecule has 1 amide bonds. The summed E-state index contributed by atoms with van der Waals surface area (Å²) in [5, 5.41) is 0. The van der Waals surface area contributed by atoms with Crippen LogP contribution in [0.2, 0.25) is 0 Å². The molecule has 0 spiro atoms. The van der Waals surface area contributed by atoms with Crippen LogP contribution in [0.3, 0.4) is 0 Å². The summed E-state index contributed by atoms with van der Waals surface area (Å²) >= 11 is 0. The van der Waals surface area contributed by atoms with Gasteiger partial charge in [0.25, 0.3) is 5.91 Å². The van der Waals surface area contributed by atoms with Gasteiger partial charge in [0.05, 0.1) is 0 Å². The van der Waals surface area contributed by atoms with E-state index in [1.807, 2.05) is 36.1 Å². The fraction of sp³-hybridized carbons (Fsp3) is 0.588. The Morgan fingerprint density at radius 3 is 2.10 bits per heavy atom. The molecule has 0 saturated heterocycles. The van der Waals surface area contributed by atoms with Gasteiger partial charge in [-0.15, -0.1) is 0 Å². The molecule has 118 valence electrons. The first-order chi connectivity index (χ1) is 10.2. The molecule has 4 heteroatoms. The van der Waals surface area contributed by atoms with E-state index < -0.39 is 0 Å². The quantitative estimate of drug-likeness (QED) is 0.760. The Kier molecular flexibility index (Phi) is 8.01. The summed E-state index contributed by atoms with van der Waals surface area (Å²) in [5.41, 5.74) is 7.38. The standard InChI is InChI=1S/C17H29N3O/c1-4-19(5-2)12-7-13-20(6-3)17(21)16-10-8-15(14-18)9-11-16/h8-11H,4-7,12-14,18H2,1-3H3. The molecule has 0 bridgehead atoms. The maximum Gasteiger partial charge on any atom is 0.253 e. The van der Waals surface area contributed by atoms with Gasteiger partial charge in [-0.3, -0.25) is 4.79 Å². The average Bonchev–Trinajstić information content (AvgIpc) is 2.55. The van der Waals surface area contributed by atoms with Gasteiger partial charge in [-0.05, 0) is 50.7 Å². The number of hydrogen-bond donors (Lipinski definition) is 1. The van der Waals surface area contributed by atoms with Crippen LogP contribution in [-0.2, 0) is 6.54 Å². The van der Waals surface area contributed by atoms with Crippen LogP contribution >= 0.6 is 0 Å². The van der Waals surface area contributed by atoms with Crippen LogP contribution in [0, 0.1) is 0 Å². The number of carbonyl (C=O) groups excluding carboxylic acids is 1. The zero-order chi connectivity index (χ0) is 15.7. The van der Waals surface area contributed by atoms with Gasteiger partial charge in [-0.1, -0.05) is 26.0 Å². The molecule has 0 aliphatic heterocycles. The molecule has 0 saturated carbocycles. The van der Waals surface area contributed by atoms with E-state index in [0.717, 1.165) is 50.3 Å². The van der Waals surface area contributed by atoms with Gasteiger partial charge in [-0.2, -0.15) is 0 Å². The third-order valence-electron chi connectivity index (χ3n) is 3.90. The van der Waals surface area contributed by atoms with Crippen molar-refractivity contribution in [1.29, 1.82) is 0 Å². The lowest BCUT2D eigenvalue weighted by molar-refractivity contribution is 0.0757. The highest BCUT2D eigenvalue weighted by Crippen LogP contribution is 2.08. The number of rotatable bonds is 9. The molecule has 0 aromatic heterocycles. The minimum atomic E-state index is 0.112. The van der Waals surface area contributed by atoms with Crippen molar-refractivity contribution >= 4 is 5.91 Å². The Labute approximate surface area is 128 Å². The molecule has 0 aliphatic carbocycles. The van der Waals surface area contributed by atoms with E-state index in [1.54, 1.807) is 0 Å². The van der Waals surface area contributed by atoms with E-state index in [1.165, 1.54) is 0 Å². The zero-order valence-electron chi connectivity index (χ0n) is 13.6. The summed E-state index contributed by atoms with van der Waals surface area (Å²) in [5.74, 6) is 0.112. The Balaban J connectivity index is 2.55. The second-order valence-electron chi connectivity index (χ2n) is 5.17. The number of benzene rings is 1. The van der Waals surface area contributed by atoms with Crippen molar-refractivity contribution in [2.24, 2.45) is 5.73 Å². The highest BCUT2D eigenvalue weighted by atomic mass is 16.2. The monoisotopic (exact) mass is 291 g/mol. The number of carbonyl (C=O) groups is 1. The van der Waals surface area contributed by atoms with Gasteiger partial charge in [0, 0.05) is 25.2 Å². The predicted molar refractivity (Wildman–Crippen MR) is 88.3 cm³/mol. The highest BCUT2D eigenvalue weighted by molar-refractivity contribution is 5.94. The first kappa shape index (κ1) is 17.7. The van der Waals surface area contributed by atoms with Crippen molar-refractivity contribution < 1.29 is 4.79 Å². The van der Waals surface area contributed by atoms with Crippen LogP contribution < -0.4 is 5.73 Å². The van der Waals surface area contributed by atoms with Crippen LogP contribution in [0.25, 0.3) is 0 Å². The predicted octanol–water partition coefficient (Wildman–Crippen LogP) is 2.34. The van der Waals surface area contributed by atoms with E-state index in [2.05, 4.69) is 18.7 Å². The van der Waals surface area contributed by atoms with E-state index in [9.17, 15) is 4.79 Å². The van der Waals surface area contributed by atoms with Crippen molar-refractivity contribution in [3.8, 4) is 0 Å². The summed E-state index contributed by atoms with van der Waals surface area (Å²) in [4.78, 5) is 16.8. The SMILES string of the molecule is CCN(CC)CCCN(CC)C(=O)c1ccc(CN)cc1. The fourth-order valence-electron chi connectivity index (χ4n) is 2.39. The molecule has 21 heavy (non-hydrogen) atoms. The molecule has 0 aliphatic rings. The van der Waals surface area contributed by atoms with E-state index in [4.69, 9.17) is 5.73 Å². The van der Waals surface area contributed by atoms with E-state index in [0.29, 0.717) is 6.54 Å². The summed E-state index contributed by atoms with van der Waals surface area (Å²) in [6.07, 6.45) is 1.02.